The van der Waals surface area contributed by atoms with Crippen molar-refractivity contribution in [1.29, 1.82) is 0 Å². The van der Waals surface area contributed by atoms with Crippen molar-refractivity contribution in [2.75, 3.05) is 5.32 Å². The molecular weight excluding hydrogens is 194 g/mol. The van der Waals surface area contributed by atoms with Gasteiger partial charge in [-0.05, 0) is 20.8 Å². The van der Waals surface area contributed by atoms with E-state index in [1.165, 1.54) is 6.33 Å². The number of nitrogens with one attached hydrogen (secondary N) is 1. The molecule has 0 amide bonds. The Morgan fingerprint density at radius 3 is 2.73 bits per heavy atom. The molecule has 0 saturated carbocycles. The molecule has 5 heteroatoms. The molecule has 2 N–H and O–H groups in total. The van der Waals surface area contributed by atoms with Crippen molar-refractivity contribution in [3.63, 3.8) is 0 Å². The Labute approximate surface area is 88.6 Å². The van der Waals surface area contributed by atoms with E-state index in [1.54, 1.807) is 6.07 Å². The van der Waals surface area contributed by atoms with Gasteiger partial charge in [0.2, 0.25) is 0 Å². The van der Waals surface area contributed by atoms with Gasteiger partial charge in [0, 0.05) is 17.3 Å². The van der Waals surface area contributed by atoms with Crippen LogP contribution in [0.5, 0.6) is 0 Å². The van der Waals surface area contributed by atoms with Crippen LogP contribution in [0.4, 0.5) is 5.82 Å². The lowest BCUT2D eigenvalue weighted by Gasteiger charge is -2.24. The normalized spacial score (nSPS) is 11.1. The first kappa shape index (κ1) is 11.4. The number of carbonyl (C=O) groups is 1. The highest BCUT2D eigenvalue weighted by Gasteiger charge is 2.21. The Bertz CT molecular complexity index is 363. The zero-order chi connectivity index (χ0) is 11.5. The monoisotopic (exact) mass is 209 g/mol. The molecule has 0 radical (unpaired) electrons. The van der Waals surface area contributed by atoms with Crippen molar-refractivity contribution in [3.05, 3.63) is 18.1 Å². The van der Waals surface area contributed by atoms with Crippen LogP contribution in [-0.2, 0) is 4.79 Å². The highest BCUT2D eigenvalue weighted by atomic mass is 16.4. The van der Waals surface area contributed by atoms with Gasteiger partial charge in [-0.2, -0.15) is 0 Å². The van der Waals surface area contributed by atoms with Crippen molar-refractivity contribution >= 4 is 11.8 Å². The van der Waals surface area contributed by atoms with Crippen LogP contribution in [0.1, 0.15) is 26.0 Å². The lowest BCUT2D eigenvalue weighted by atomic mass is 10.0. The number of anilines is 1. The highest BCUT2D eigenvalue weighted by Crippen LogP contribution is 2.16. The molecule has 0 aliphatic rings. The number of hydrogen-bond donors (Lipinski definition) is 2. The summed E-state index contributed by atoms with van der Waals surface area (Å²) in [5.41, 5.74) is 0.325. The Hall–Kier alpha value is -1.65. The van der Waals surface area contributed by atoms with Crippen LogP contribution < -0.4 is 5.32 Å². The van der Waals surface area contributed by atoms with E-state index in [2.05, 4.69) is 15.3 Å². The molecular formula is C10H15N3O2. The number of aryl methyl sites for hydroxylation is 1. The lowest BCUT2D eigenvalue weighted by Crippen LogP contribution is -2.34. The van der Waals surface area contributed by atoms with Crippen LogP contribution in [0.25, 0.3) is 0 Å². The van der Waals surface area contributed by atoms with Crippen molar-refractivity contribution in [2.45, 2.75) is 32.7 Å². The van der Waals surface area contributed by atoms with Crippen molar-refractivity contribution in [3.8, 4) is 0 Å². The summed E-state index contributed by atoms with van der Waals surface area (Å²) < 4.78 is 0. The van der Waals surface area contributed by atoms with E-state index >= 15 is 0 Å². The Morgan fingerprint density at radius 2 is 2.20 bits per heavy atom. The van der Waals surface area contributed by atoms with Crippen LogP contribution in [0.15, 0.2) is 12.4 Å². The van der Waals surface area contributed by atoms with E-state index in [9.17, 15) is 4.79 Å². The van der Waals surface area contributed by atoms with Gasteiger partial charge in [0.1, 0.15) is 12.1 Å². The van der Waals surface area contributed by atoms with Gasteiger partial charge >= 0.3 is 5.97 Å². The maximum atomic E-state index is 10.6. The molecule has 15 heavy (non-hydrogen) atoms. The molecule has 0 atom stereocenters. The minimum Gasteiger partial charge on any atom is -0.481 e. The first-order valence-corrected chi connectivity index (χ1v) is 4.68. The van der Waals surface area contributed by atoms with Gasteiger partial charge in [-0.25, -0.2) is 9.97 Å². The van der Waals surface area contributed by atoms with Gasteiger partial charge in [-0.15, -0.1) is 0 Å². The van der Waals surface area contributed by atoms with E-state index in [-0.39, 0.29) is 6.42 Å². The number of aromatic nitrogens is 2. The Balaban J connectivity index is 2.72. The van der Waals surface area contributed by atoms with Crippen molar-refractivity contribution in [1.82, 2.24) is 9.97 Å². The van der Waals surface area contributed by atoms with Gasteiger partial charge in [0.05, 0.1) is 6.42 Å². The molecule has 5 nitrogen and oxygen atoms in total. The van der Waals surface area contributed by atoms with E-state index in [0.717, 1.165) is 5.69 Å². The van der Waals surface area contributed by atoms with Crippen LogP contribution in [0.2, 0.25) is 0 Å². The van der Waals surface area contributed by atoms with Crippen LogP contribution in [0, 0.1) is 6.92 Å². The van der Waals surface area contributed by atoms with Gasteiger partial charge in [0.15, 0.2) is 0 Å². The van der Waals surface area contributed by atoms with Gasteiger partial charge in [-0.3, -0.25) is 4.79 Å². The molecule has 0 aromatic carbocycles. The summed E-state index contributed by atoms with van der Waals surface area (Å²) in [5, 5.41) is 11.8. The quantitative estimate of drug-likeness (QED) is 0.785. The first-order chi connectivity index (χ1) is 6.89. The number of carboxylic acids is 1. The molecule has 0 aliphatic heterocycles. The van der Waals surface area contributed by atoms with Crippen molar-refractivity contribution < 1.29 is 9.90 Å². The van der Waals surface area contributed by atoms with Gasteiger partial charge < -0.3 is 10.4 Å². The topological polar surface area (TPSA) is 75.1 Å². The summed E-state index contributed by atoms with van der Waals surface area (Å²) in [7, 11) is 0. The molecule has 0 unspecified atom stereocenters. The van der Waals surface area contributed by atoms with Crippen LogP contribution in [0.3, 0.4) is 0 Å². The maximum absolute atomic E-state index is 10.6. The molecule has 82 valence electrons. The fourth-order valence-corrected chi connectivity index (χ4v) is 1.29. The molecule has 0 fully saturated rings. The van der Waals surface area contributed by atoms with E-state index in [4.69, 9.17) is 5.11 Å². The smallest absolute Gasteiger partial charge is 0.305 e. The van der Waals surface area contributed by atoms with E-state index < -0.39 is 11.5 Å². The third-order valence-electron chi connectivity index (χ3n) is 1.86. The van der Waals surface area contributed by atoms with Crippen LogP contribution >= 0.6 is 0 Å². The molecule has 1 aromatic heterocycles. The average Bonchev–Trinajstić information content (AvgIpc) is 1.99. The Morgan fingerprint density at radius 1 is 1.53 bits per heavy atom. The second-order valence-corrected chi connectivity index (χ2v) is 4.12. The molecule has 1 heterocycles. The average molecular weight is 209 g/mol. The second-order valence-electron chi connectivity index (χ2n) is 4.12. The summed E-state index contributed by atoms with van der Waals surface area (Å²) in [4.78, 5) is 18.6. The lowest BCUT2D eigenvalue weighted by molar-refractivity contribution is -0.137. The van der Waals surface area contributed by atoms with Gasteiger partial charge in [0.25, 0.3) is 0 Å². The molecule has 0 aliphatic carbocycles. The zero-order valence-electron chi connectivity index (χ0n) is 9.11. The highest BCUT2D eigenvalue weighted by molar-refractivity contribution is 5.69. The third kappa shape index (κ3) is 3.93. The number of hydrogen-bond acceptors (Lipinski definition) is 4. The number of rotatable bonds is 4. The minimum atomic E-state index is -0.835. The number of carboxylic acid groups (broad SMARTS) is 1. The summed E-state index contributed by atoms with van der Waals surface area (Å²) in [6, 6.07) is 1.78. The molecule has 0 spiro atoms. The summed E-state index contributed by atoms with van der Waals surface area (Å²) in [5.74, 6) is -0.188. The van der Waals surface area contributed by atoms with Gasteiger partial charge in [-0.1, -0.05) is 0 Å². The van der Waals surface area contributed by atoms with E-state index in [0.29, 0.717) is 5.82 Å². The van der Waals surface area contributed by atoms with Crippen molar-refractivity contribution in [2.24, 2.45) is 0 Å². The molecule has 0 saturated heterocycles. The SMILES string of the molecule is Cc1cc(NC(C)(C)CC(=O)O)ncn1. The number of nitrogens with zero attached hydrogens (tertiary/aromatic N) is 2. The largest absolute Gasteiger partial charge is 0.481 e. The maximum Gasteiger partial charge on any atom is 0.305 e. The second kappa shape index (κ2) is 4.25. The van der Waals surface area contributed by atoms with Crippen LogP contribution in [-0.4, -0.2) is 26.6 Å². The Kier molecular flexibility index (Phi) is 3.24. The summed E-state index contributed by atoms with van der Waals surface area (Å²) in [6.45, 7) is 5.49. The fraction of sp³-hybridized carbons (Fsp3) is 0.500. The standard InChI is InChI=1S/C10H15N3O2/c1-7-4-8(12-6-11-7)13-10(2,3)5-9(14)15/h4,6H,5H2,1-3H3,(H,14,15)(H,11,12,13). The molecule has 1 aromatic rings. The molecule has 0 bridgehead atoms. The third-order valence-corrected chi connectivity index (χ3v) is 1.86. The molecule has 1 rings (SSSR count). The predicted octanol–water partition coefficient (Wildman–Crippen LogP) is 1.45. The summed E-state index contributed by atoms with van der Waals surface area (Å²) >= 11 is 0. The fourth-order valence-electron chi connectivity index (χ4n) is 1.29. The first-order valence-electron chi connectivity index (χ1n) is 4.68. The summed E-state index contributed by atoms with van der Waals surface area (Å²) in [6.07, 6.45) is 1.49. The predicted molar refractivity (Wildman–Crippen MR) is 56.7 cm³/mol. The minimum absolute atomic E-state index is 0.0377. The number of aliphatic carboxylic acids is 1. The zero-order valence-corrected chi connectivity index (χ0v) is 9.11. The van der Waals surface area contributed by atoms with E-state index in [1.807, 2.05) is 20.8 Å².